The Kier molecular flexibility index (Phi) is 25.3. The summed E-state index contributed by atoms with van der Waals surface area (Å²) in [7, 11) is -0.972. The molecule has 462 valence electrons. The van der Waals surface area contributed by atoms with Gasteiger partial charge in [-0.3, -0.25) is 19.2 Å². The lowest BCUT2D eigenvalue weighted by Crippen LogP contribution is -2.57. The van der Waals surface area contributed by atoms with Crippen molar-refractivity contribution >= 4 is 87.8 Å². The number of rotatable bonds is 32. The summed E-state index contributed by atoms with van der Waals surface area (Å²) >= 11 is 8.04. The van der Waals surface area contributed by atoms with Crippen molar-refractivity contribution in [3.8, 4) is 16.2 Å². The second-order valence-corrected chi connectivity index (χ2v) is 26.7. The number of carbonyl (C=O) groups excluding carboxylic acids is 4. The third kappa shape index (κ3) is 20.4. The maximum Gasteiger partial charge on any atom is 0.246 e. The summed E-state index contributed by atoms with van der Waals surface area (Å²) in [5, 5.41) is 27.0. The first-order chi connectivity index (χ1) is 40.8. The van der Waals surface area contributed by atoms with Crippen LogP contribution in [0.15, 0.2) is 78.4 Å². The molecular formula is C60H82ClN10O12PS. The number of hydrogen-bond acceptors (Lipinski definition) is 19. The fourth-order valence-electron chi connectivity index (χ4n) is 9.70. The van der Waals surface area contributed by atoms with Crippen molar-refractivity contribution in [2.24, 2.45) is 5.41 Å². The lowest BCUT2D eigenvalue weighted by Gasteiger charge is -2.35. The standard InChI is InChI=1S/C60H82ClN10O12PS/c1-40-54(85-39-64-40)42-14-12-41(13-15-42)36-62-57(75)49-35-45(72)38-71(49)58(76)55(60(2,3)4)68-53(74)21-25-80-27-29-82-31-33-83-32-30-81-28-26-79-24-20-52(73)65-43-18-22-70(23-19-43)44-16-17-47(50(34-44)78-5)67-59-63-37-46(61)56(69-59)66-48-10-8-9-11-51(48)84(6,7)77/h8-17,34,37,39,43,45,49,55,72H,18-33,35-36,38H2,1-7H3,(H,62,75)(H,65,73)(H,68,74)(H2,63,66,67,69)/t45-,49+,55?/m1/s1. The minimum absolute atomic E-state index is 0.0128. The fourth-order valence-corrected chi connectivity index (χ4v) is 11.8. The number of likely N-dealkylation sites (tertiary alicyclic amines) is 1. The number of ether oxygens (including phenoxy) is 6. The highest BCUT2D eigenvalue weighted by molar-refractivity contribution is 7.70. The molecule has 4 heterocycles. The quantitative estimate of drug-likeness (QED) is 0.0186. The fraction of sp³-hybridized carbons (Fsp3) is 0.517. The number of methoxy groups -OCH3 is 1. The highest BCUT2D eigenvalue weighted by Crippen LogP contribution is 2.39. The van der Waals surface area contributed by atoms with E-state index in [4.69, 9.17) is 40.0 Å². The number of β-amino-alcohol motifs (C(OH)–C–C–N with tert-alkyl or cyclic N) is 1. The zero-order valence-corrected chi connectivity index (χ0v) is 52.1. The van der Waals surface area contributed by atoms with Crippen LogP contribution in [0.2, 0.25) is 5.02 Å². The van der Waals surface area contributed by atoms with E-state index in [0.717, 1.165) is 53.3 Å². The molecule has 2 fully saturated rings. The van der Waals surface area contributed by atoms with Gasteiger partial charge in [-0.25, -0.2) is 9.97 Å². The number of halogens is 1. The number of nitrogens with zero attached hydrogens (tertiary/aromatic N) is 5. The summed E-state index contributed by atoms with van der Waals surface area (Å²) in [5.74, 6) is 0.0469. The summed E-state index contributed by atoms with van der Waals surface area (Å²) in [4.78, 5) is 71.2. The first-order valence-electron chi connectivity index (χ1n) is 28.6. The Hall–Kier alpha value is -6.27. The van der Waals surface area contributed by atoms with E-state index in [1.807, 2.05) is 99.9 Å². The van der Waals surface area contributed by atoms with E-state index < -0.39 is 36.7 Å². The molecule has 2 saturated heterocycles. The molecule has 7 rings (SSSR count). The molecule has 22 nitrogen and oxygen atoms in total. The molecule has 1 unspecified atom stereocenters. The molecule has 2 aliphatic heterocycles. The molecule has 0 aliphatic carbocycles. The van der Waals surface area contributed by atoms with Crippen LogP contribution in [0.4, 0.5) is 28.8 Å². The first kappa shape index (κ1) is 66.3. The molecular weight excluding hydrogens is 1150 g/mol. The topological polar surface area (TPSA) is 266 Å². The lowest BCUT2D eigenvalue weighted by atomic mass is 9.85. The van der Waals surface area contributed by atoms with Crippen molar-refractivity contribution in [3.63, 3.8) is 0 Å². The minimum Gasteiger partial charge on any atom is -0.494 e. The second-order valence-electron chi connectivity index (χ2n) is 22.2. The van der Waals surface area contributed by atoms with Gasteiger partial charge in [0.1, 0.15) is 30.0 Å². The van der Waals surface area contributed by atoms with Gasteiger partial charge in [0, 0.05) is 68.5 Å². The van der Waals surface area contributed by atoms with Gasteiger partial charge >= 0.3 is 0 Å². The Labute approximate surface area is 507 Å². The van der Waals surface area contributed by atoms with Gasteiger partial charge in [-0.2, -0.15) is 4.98 Å². The molecule has 3 aromatic carbocycles. The van der Waals surface area contributed by atoms with Crippen molar-refractivity contribution in [1.82, 2.24) is 35.8 Å². The van der Waals surface area contributed by atoms with Crippen LogP contribution in [0.5, 0.6) is 5.75 Å². The van der Waals surface area contributed by atoms with Gasteiger partial charge in [-0.15, -0.1) is 11.3 Å². The van der Waals surface area contributed by atoms with Crippen LogP contribution >= 0.6 is 30.1 Å². The first-order valence-corrected chi connectivity index (χ1v) is 32.5. The van der Waals surface area contributed by atoms with Crippen LogP contribution in [0.25, 0.3) is 10.4 Å². The monoisotopic (exact) mass is 1230 g/mol. The Morgan fingerprint density at radius 3 is 2.04 bits per heavy atom. The number of aliphatic hydroxyl groups is 1. The number of aliphatic hydroxyl groups excluding tert-OH is 1. The highest BCUT2D eigenvalue weighted by atomic mass is 35.5. The summed E-state index contributed by atoms with van der Waals surface area (Å²) in [6.45, 7) is 15.8. The molecule has 25 heteroatoms. The van der Waals surface area contributed by atoms with Crippen LogP contribution in [-0.2, 0) is 54.0 Å². The van der Waals surface area contributed by atoms with Crippen molar-refractivity contribution in [3.05, 3.63) is 94.7 Å². The van der Waals surface area contributed by atoms with Gasteiger partial charge in [-0.05, 0) is 73.9 Å². The van der Waals surface area contributed by atoms with E-state index in [1.165, 1.54) is 11.1 Å². The number of anilines is 5. The van der Waals surface area contributed by atoms with Crippen molar-refractivity contribution in [2.75, 3.05) is 122 Å². The Morgan fingerprint density at radius 2 is 1.44 bits per heavy atom. The number of aryl methyl sites for hydroxylation is 1. The average molecular weight is 1230 g/mol. The van der Waals surface area contributed by atoms with Crippen LogP contribution in [-0.4, -0.2) is 179 Å². The summed E-state index contributed by atoms with van der Waals surface area (Å²) in [5.41, 5.74) is 6.34. The largest absolute Gasteiger partial charge is 0.494 e. The maximum atomic E-state index is 14.0. The summed E-state index contributed by atoms with van der Waals surface area (Å²) in [6.07, 6.45) is 2.57. The Bertz CT molecular complexity index is 3030. The van der Waals surface area contributed by atoms with E-state index in [9.17, 15) is 28.8 Å². The van der Waals surface area contributed by atoms with Crippen LogP contribution in [0, 0.1) is 12.3 Å². The predicted octanol–water partition coefficient (Wildman–Crippen LogP) is 7.06. The normalized spacial score (nSPS) is 16.0. The molecule has 4 amide bonds. The minimum atomic E-state index is -2.57. The van der Waals surface area contributed by atoms with Gasteiger partial charge in [0.2, 0.25) is 29.6 Å². The molecule has 0 saturated carbocycles. The second kappa shape index (κ2) is 32.5. The van der Waals surface area contributed by atoms with Gasteiger partial charge < -0.3 is 74.5 Å². The third-order valence-corrected chi connectivity index (χ3v) is 17.1. The molecule has 2 aromatic heterocycles. The molecule has 6 N–H and O–H groups in total. The van der Waals surface area contributed by atoms with Gasteiger partial charge in [0.05, 0.1) is 113 Å². The molecule has 5 aromatic rings. The van der Waals surface area contributed by atoms with Crippen LogP contribution < -0.4 is 41.5 Å². The SMILES string of the molecule is COc1cc(N2CCC(NC(=O)CCOCCOCCOCCOCCOCCC(=O)NC(C(=O)N3C[C@H](O)C[C@H]3C(=O)NCc3ccc(-c4scnc4C)cc3)C(C)(C)C)CC2)ccc1Nc1ncc(Cl)c(Nc2ccccc2P(C)(C)=O)n1. The zero-order valence-electron chi connectivity index (χ0n) is 49.7. The molecule has 0 radical (unpaired) electrons. The van der Waals surface area contributed by atoms with E-state index in [-0.39, 0.29) is 75.9 Å². The van der Waals surface area contributed by atoms with E-state index >= 15 is 0 Å². The van der Waals surface area contributed by atoms with Crippen LogP contribution in [0.1, 0.15) is 64.1 Å². The number of hydrogen-bond donors (Lipinski definition) is 6. The number of thiazole rings is 1. The van der Waals surface area contributed by atoms with Crippen LogP contribution in [0.3, 0.4) is 0 Å². The number of carbonyl (C=O) groups is 4. The molecule has 0 bridgehead atoms. The highest BCUT2D eigenvalue weighted by Gasteiger charge is 2.44. The van der Waals surface area contributed by atoms with Gasteiger partial charge in [0.15, 0.2) is 5.82 Å². The molecule has 2 aliphatic rings. The number of piperidine rings is 1. The molecule has 0 spiro atoms. The van der Waals surface area contributed by atoms with E-state index in [0.29, 0.717) is 85.5 Å². The van der Waals surface area contributed by atoms with Crippen molar-refractivity contribution < 1.29 is 57.3 Å². The number of nitrogens with one attached hydrogen (secondary N) is 5. The summed E-state index contributed by atoms with van der Waals surface area (Å²) in [6, 6.07) is 19.3. The lowest BCUT2D eigenvalue weighted by molar-refractivity contribution is -0.144. The summed E-state index contributed by atoms with van der Waals surface area (Å²) < 4.78 is 46.7. The van der Waals surface area contributed by atoms with Gasteiger partial charge in [-0.1, -0.05) is 68.8 Å². The number of benzene rings is 3. The zero-order chi connectivity index (χ0) is 60.9. The number of aromatic nitrogens is 3. The molecule has 3 atom stereocenters. The smallest absolute Gasteiger partial charge is 0.246 e. The van der Waals surface area contributed by atoms with Crippen molar-refractivity contribution in [1.29, 1.82) is 0 Å². The van der Waals surface area contributed by atoms with E-state index in [2.05, 4.69) is 46.4 Å². The van der Waals surface area contributed by atoms with Gasteiger partial charge in [0.25, 0.3) is 0 Å². The maximum absolute atomic E-state index is 14.0. The predicted molar refractivity (Wildman–Crippen MR) is 330 cm³/mol. The average Bonchev–Trinajstić information content (AvgIpc) is 4.17. The van der Waals surface area contributed by atoms with E-state index in [1.54, 1.807) is 31.8 Å². The Balaban J connectivity index is 0.676. The Morgan fingerprint density at radius 1 is 0.812 bits per heavy atom. The number of para-hydroxylation sites is 1. The third-order valence-electron chi connectivity index (χ3n) is 14.3. The van der Waals surface area contributed by atoms with Crippen molar-refractivity contribution in [2.45, 2.75) is 90.6 Å². The molecule has 85 heavy (non-hydrogen) atoms. The number of amides is 4.